The molecule has 1 N–H and O–H groups in total. The first-order valence-electron chi connectivity index (χ1n) is 7.20. The normalized spacial score (nSPS) is 37.6. The molecular formula is C14H26N2O2. The Bertz CT molecular complexity index is 296. The van der Waals surface area contributed by atoms with Crippen LogP contribution in [-0.4, -0.2) is 49.2 Å². The minimum absolute atomic E-state index is 0.167. The summed E-state index contributed by atoms with van der Waals surface area (Å²) in [6, 6.07) is 0.629. The summed E-state index contributed by atoms with van der Waals surface area (Å²) >= 11 is 0. The van der Waals surface area contributed by atoms with Gasteiger partial charge in [-0.2, -0.15) is 0 Å². The van der Waals surface area contributed by atoms with Crippen molar-refractivity contribution in [3.05, 3.63) is 0 Å². The summed E-state index contributed by atoms with van der Waals surface area (Å²) in [6.45, 7) is 6.17. The number of nitrogens with zero attached hydrogens (tertiary/aromatic N) is 1. The first-order chi connectivity index (χ1) is 8.63. The SMILES string of the molecule is COC1CCN(C(=O)C2CCCNC2C)C(C)C1. The van der Waals surface area contributed by atoms with E-state index < -0.39 is 0 Å². The van der Waals surface area contributed by atoms with Crippen molar-refractivity contribution in [2.45, 2.75) is 57.7 Å². The highest BCUT2D eigenvalue weighted by Crippen LogP contribution is 2.25. The van der Waals surface area contributed by atoms with Crippen LogP contribution in [0.15, 0.2) is 0 Å². The Morgan fingerprint density at radius 3 is 2.72 bits per heavy atom. The Kier molecular flexibility index (Phi) is 4.62. The lowest BCUT2D eigenvalue weighted by Crippen LogP contribution is -2.53. The molecule has 2 aliphatic heterocycles. The Morgan fingerprint density at radius 2 is 2.11 bits per heavy atom. The first kappa shape index (κ1) is 13.8. The second-order valence-electron chi connectivity index (χ2n) is 5.75. The number of nitrogens with one attached hydrogen (secondary N) is 1. The maximum absolute atomic E-state index is 12.6. The molecule has 0 aliphatic carbocycles. The van der Waals surface area contributed by atoms with Gasteiger partial charge in [0.2, 0.25) is 5.91 Å². The molecule has 2 aliphatic rings. The van der Waals surface area contributed by atoms with Crippen molar-refractivity contribution in [3.63, 3.8) is 0 Å². The smallest absolute Gasteiger partial charge is 0.227 e. The molecule has 0 aromatic rings. The fourth-order valence-electron chi connectivity index (χ4n) is 3.26. The topological polar surface area (TPSA) is 41.6 Å². The maximum Gasteiger partial charge on any atom is 0.227 e. The zero-order valence-corrected chi connectivity index (χ0v) is 11.8. The van der Waals surface area contributed by atoms with E-state index in [0.29, 0.717) is 24.1 Å². The van der Waals surface area contributed by atoms with E-state index in [1.807, 2.05) is 0 Å². The Hall–Kier alpha value is -0.610. The van der Waals surface area contributed by atoms with Crippen LogP contribution in [0.3, 0.4) is 0 Å². The van der Waals surface area contributed by atoms with Crippen molar-refractivity contribution in [2.24, 2.45) is 5.92 Å². The fraction of sp³-hybridized carbons (Fsp3) is 0.929. The van der Waals surface area contributed by atoms with Gasteiger partial charge in [0, 0.05) is 25.7 Å². The van der Waals surface area contributed by atoms with Gasteiger partial charge in [-0.15, -0.1) is 0 Å². The molecule has 4 unspecified atom stereocenters. The van der Waals surface area contributed by atoms with Crippen molar-refractivity contribution in [1.82, 2.24) is 10.2 Å². The van der Waals surface area contributed by atoms with E-state index in [2.05, 4.69) is 24.1 Å². The summed E-state index contributed by atoms with van der Waals surface area (Å²) in [4.78, 5) is 14.7. The monoisotopic (exact) mass is 254 g/mol. The number of methoxy groups -OCH3 is 1. The molecule has 4 heteroatoms. The van der Waals surface area contributed by atoms with Crippen LogP contribution in [0.25, 0.3) is 0 Å². The standard InChI is InChI=1S/C14H26N2O2/c1-10-9-12(18-3)6-8-16(10)14(17)13-5-4-7-15-11(13)2/h10-13,15H,4-9H2,1-3H3. The van der Waals surface area contributed by atoms with Gasteiger partial charge in [0.15, 0.2) is 0 Å². The van der Waals surface area contributed by atoms with Crippen LogP contribution in [0.5, 0.6) is 0 Å². The van der Waals surface area contributed by atoms with Crippen LogP contribution in [0.1, 0.15) is 39.5 Å². The van der Waals surface area contributed by atoms with Crippen LogP contribution in [0.2, 0.25) is 0 Å². The minimum Gasteiger partial charge on any atom is -0.381 e. The number of hydrogen-bond acceptors (Lipinski definition) is 3. The maximum atomic E-state index is 12.6. The van der Waals surface area contributed by atoms with Gasteiger partial charge in [0.25, 0.3) is 0 Å². The molecule has 4 atom stereocenters. The average molecular weight is 254 g/mol. The van der Waals surface area contributed by atoms with Crippen LogP contribution in [0.4, 0.5) is 0 Å². The van der Waals surface area contributed by atoms with Gasteiger partial charge in [-0.3, -0.25) is 4.79 Å². The van der Waals surface area contributed by atoms with Crippen LogP contribution in [0, 0.1) is 5.92 Å². The van der Waals surface area contributed by atoms with Crippen molar-refractivity contribution in [3.8, 4) is 0 Å². The van der Waals surface area contributed by atoms with Crippen LogP contribution < -0.4 is 5.32 Å². The Balaban J connectivity index is 1.96. The lowest BCUT2D eigenvalue weighted by atomic mass is 9.89. The second-order valence-corrected chi connectivity index (χ2v) is 5.75. The molecule has 0 aromatic carbocycles. The summed E-state index contributed by atoms with van der Waals surface area (Å²) in [6.07, 6.45) is 4.41. The van der Waals surface area contributed by atoms with Gasteiger partial charge in [-0.05, 0) is 46.1 Å². The molecule has 18 heavy (non-hydrogen) atoms. The zero-order valence-electron chi connectivity index (χ0n) is 11.8. The molecule has 2 saturated heterocycles. The van der Waals surface area contributed by atoms with Crippen molar-refractivity contribution < 1.29 is 9.53 Å². The molecule has 0 radical (unpaired) electrons. The Morgan fingerprint density at radius 1 is 1.33 bits per heavy atom. The molecule has 2 fully saturated rings. The van der Waals surface area contributed by atoms with Crippen LogP contribution in [-0.2, 0) is 9.53 Å². The van der Waals surface area contributed by atoms with Crippen LogP contribution >= 0.6 is 0 Å². The van der Waals surface area contributed by atoms with Gasteiger partial charge < -0.3 is 15.0 Å². The van der Waals surface area contributed by atoms with E-state index in [0.717, 1.165) is 38.8 Å². The highest BCUT2D eigenvalue weighted by atomic mass is 16.5. The van der Waals surface area contributed by atoms with Gasteiger partial charge in [-0.1, -0.05) is 0 Å². The number of likely N-dealkylation sites (tertiary alicyclic amines) is 1. The molecular weight excluding hydrogens is 228 g/mol. The van der Waals surface area contributed by atoms with E-state index >= 15 is 0 Å². The summed E-state index contributed by atoms with van der Waals surface area (Å²) in [5, 5.41) is 3.41. The van der Waals surface area contributed by atoms with E-state index in [1.165, 1.54) is 0 Å². The molecule has 0 aromatic heterocycles. The van der Waals surface area contributed by atoms with E-state index in [9.17, 15) is 4.79 Å². The predicted molar refractivity (Wildman–Crippen MR) is 71.4 cm³/mol. The average Bonchev–Trinajstić information content (AvgIpc) is 2.38. The third kappa shape index (κ3) is 2.86. The molecule has 4 nitrogen and oxygen atoms in total. The molecule has 2 rings (SSSR count). The third-order valence-electron chi connectivity index (χ3n) is 4.52. The van der Waals surface area contributed by atoms with Gasteiger partial charge >= 0.3 is 0 Å². The predicted octanol–water partition coefficient (Wildman–Crippen LogP) is 1.40. The number of amides is 1. The third-order valence-corrected chi connectivity index (χ3v) is 4.52. The minimum atomic E-state index is 0.167. The number of hydrogen-bond donors (Lipinski definition) is 1. The van der Waals surface area contributed by atoms with Crippen molar-refractivity contribution in [2.75, 3.05) is 20.2 Å². The van der Waals surface area contributed by atoms with Gasteiger partial charge in [0.1, 0.15) is 0 Å². The Labute approximate surface area is 110 Å². The van der Waals surface area contributed by atoms with Crippen molar-refractivity contribution in [1.29, 1.82) is 0 Å². The largest absolute Gasteiger partial charge is 0.381 e. The molecule has 0 bridgehead atoms. The molecule has 0 saturated carbocycles. The van der Waals surface area contributed by atoms with Gasteiger partial charge in [0.05, 0.1) is 12.0 Å². The number of carbonyl (C=O) groups excluding carboxylic acids is 1. The lowest BCUT2D eigenvalue weighted by molar-refractivity contribution is -0.142. The first-order valence-corrected chi connectivity index (χ1v) is 7.20. The number of carbonyl (C=O) groups is 1. The molecule has 0 spiro atoms. The summed E-state index contributed by atoms with van der Waals surface area (Å²) in [5.41, 5.74) is 0. The van der Waals surface area contributed by atoms with E-state index in [4.69, 9.17) is 4.74 Å². The lowest BCUT2D eigenvalue weighted by Gasteiger charge is -2.41. The van der Waals surface area contributed by atoms with Gasteiger partial charge in [-0.25, -0.2) is 0 Å². The summed E-state index contributed by atoms with van der Waals surface area (Å²) in [7, 11) is 1.77. The highest BCUT2D eigenvalue weighted by Gasteiger charge is 2.35. The molecule has 104 valence electrons. The summed E-state index contributed by atoms with van der Waals surface area (Å²) < 4.78 is 5.41. The molecule has 1 amide bonds. The number of ether oxygens (including phenoxy) is 1. The highest BCUT2D eigenvalue weighted by molar-refractivity contribution is 5.80. The number of piperidine rings is 2. The fourth-order valence-corrected chi connectivity index (χ4v) is 3.26. The summed E-state index contributed by atoms with van der Waals surface area (Å²) in [5.74, 6) is 0.511. The molecule has 2 heterocycles. The van der Waals surface area contributed by atoms with Crippen molar-refractivity contribution >= 4 is 5.91 Å². The number of rotatable bonds is 2. The van der Waals surface area contributed by atoms with E-state index in [1.54, 1.807) is 7.11 Å². The van der Waals surface area contributed by atoms with E-state index in [-0.39, 0.29) is 5.92 Å². The quantitative estimate of drug-likeness (QED) is 0.810. The second kappa shape index (κ2) is 6.02. The zero-order chi connectivity index (χ0) is 13.1.